The second-order valence-electron chi connectivity index (χ2n) is 9.59. The van der Waals surface area contributed by atoms with Gasteiger partial charge >= 0.3 is 0 Å². The van der Waals surface area contributed by atoms with Crippen LogP contribution in [0.15, 0.2) is 36.9 Å². The standard InChI is InChI=1S/C25H31N5O2/c1-25(2)12-19-18(22-21(25)24(27)29-14-28-22)8-9-20(32-16-6-4-15(26)5-7-16)23(19)30-11-10-17(13-30)31-3/h8-11,13-16H,4-7,12,26H2,1-3H3,(H2,27,28,29)/t15-,16-. The van der Waals surface area contributed by atoms with Crippen LogP contribution in [0.4, 0.5) is 5.82 Å². The van der Waals surface area contributed by atoms with E-state index in [4.69, 9.17) is 20.9 Å². The van der Waals surface area contributed by atoms with E-state index < -0.39 is 0 Å². The highest BCUT2D eigenvalue weighted by molar-refractivity contribution is 5.80. The van der Waals surface area contributed by atoms with Crippen LogP contribution in [0.25, 0.3) is 16.9 Å². The summed E-state index contributed by atoms with van der Waals surface area (Å²) < 4.78 is 14.2. The van der Waals surface area contributed by atoms with Crippen LogP contribution in [0.2, 0.25) is 0 Å². The quantitative estimate of drug-likeness (QED) is 0.645. The number of fused-ring (bicyclic) bond motifs is 3. The number of anilines is 1. The van der Waals surface area contributed by atoms with Crippen molar-refractivity contribution in [2.24, 2.45) is 5.73 Å². The van der Waals surface area contributed by atoms with Crippen molar-refractivity contribution in [1.82, 2.24) is 14.5 Å². The molecule has 7 heteroatoms. The van der Waals surface area contributed by atoms with Gasteiger partial charge in [-0.1, -0.05) is 13.8 Å². The third-order valence-electron chi connectivity index (χ3n) is 6.85. The lowest BCUT2D eigenvalue weighted by molar-refractivity contribution is 0.147. The van der Waals surface area contributed by atoms with Crippen LogP contribution in [-0.2, 0) is 11.8 Å². The zero-order chi connectivity index (χ0) is 22.5. The first kappa shape index (κ1) is 20.8. The summed E-state index contributed by atoms with van der Waals surface area (Å²) >= 11 is 0. The van der Waals surface area contributed by atoms with Gasteiger partial charge in [-0.25, -0.2) is 9.97 Å². The normalized spacial score (nSPS) is 21.5. The number of nitrogen functional groups attached to an aromatic ring is 1. The van der Waals surface area contributed by atoms with Crippen LogP contribution in [0.1, 0.15) is 50.7 Å². The second-order valence-corrected chi connectivity index (χ2v) is 9.59. The molecule has 0 radical (unpaired) electrons. The number of benzene rings is 1. The summed E-state index contributed by atoms with van der Waals surface area (Å²) in [6.07, 6.45) is 10.5. The second kappa shape index (κ2) is 7.81. The molecule has 2 heterocycles. The third kappa shape index (κ3) is 3.50. The third-order valence-corrected chi connectivity index (χ3v) is 6.85. The van der Waals surface area contributed by atoms with Crippen molar-refractivity contribution >= 4 is 5.82 Å². The molecule has 0 spiro atoms. The molecule has 168 valence electrons. The van der Waals surface area contributed by atoms with Crippen molar-refractivity contribution in [3.63, 3.8) is 0 Å². The van der Waals surface area contributed by atoms with E-state index in [0.717, 1.165) is 66.1 Å². The molecule has 1 aromatic carbocycles. The van der Waals surface area contributed by atoms with Gasteiger partial charge in [0.2, 0.25) is 0 Å². The van der Waals surface area contributed by atoms with Gasteiger partial charge < -0.3 is 25.5 Å². The monoisotopic (exact) mass is 433 g/mol. The van der Waals surface area contributed by atoms with Gasteiger partial charge in [0.15, 0.2) is 0 Å². The molecule has 0 amide bonds. The molecular formula is C25H31N5O2. The molecule has 1 saturated carbocycles. The number of aromatic nitrogens is 3. The first-order chi connectivity index (χ1) is 15.4. The summed E-state index contributed by atoms with van der Waals surface area (Å²) in [7, 11) is 1.68. The van der Waals surface area contributed by atoms with E-state index in [-0.39, 0.29) is 17.6 Å². The van der Waals surface area contributed by atoms with Gasteiger partial charge in [-0.15, -0.1) is 0 Å². The molecule has 2 aliphatic rings. The summed E-state index contributed by atoms with van der Waals surface area (Å²) in [4.78, 5) is 8.91. The molecular weight excluding hydrogens is 402 g/mol. The lowest BCUT2D eigenvalue weighted by atomic mass is 9.71. The number of nitrogens with zero attached hydrogens (tertiary/aromatic N) is 3. The van der Waals surface area contributed by atoms with E-state index in [1.807, 2.05) is 18.5 Å². The Kier molecular flexibility index (Phi) is 5.08. The lowest BCUT2D eigenvalue weighted by Gasteiger charge is -2.36. The Hall–Kier alpha value is -3.06. The van der Waals surface area contributed by atoms with Crippen molar-refractivity contribution in [2.45, 2.75) is 63.5 Å². The lowest BCUT2D eigenvalue weighted by Crippen LogP contribution is -2.32. The predicted octanol–water partition coefficient (Wildman–Crippen LogP) is 4.01. The maximum absolute atomic E-state index is 6.60. The predicted molar refractivity (Wildman–Crippen MR) is 125 cm³/mol. The average Bonchev–Trinajstić information content (AvgIpc) is 3.23. The van der Waals surface area contributed by atoms with Crippen LogP contribution in [0.5, 0.6) is 11.5 Å². The molecule has 32 heavy (non-hydrogen) atoms. The van der Waals surface area contributed by atoms with Gasteiger partial charge in [0.25, 0.3) is 0 Å². The van der Waals surface area contributed by atoms with Crippen LogP contribution >= 0.6 is 0 Å². The highest BCUT2D eigenvalue weighted by Gasteiger charge is 2.37. The number of ether oxygens (including phenoxy) is 2. The molecule has 7 nitrogen and oxygen atoms in total. The van der Waals surface area contributed by atoms with Crippen LogP contribution in [-0.4, -0.2) is 33.8 Å². The van der Waals surface area contributed by atoms with E-state index in [1.54, 1.807) is 13.4 Å². The number of methoxy groups -OCH3 is 1. The molecule has 0 unspecified atom stereocenters. The summed E-state index contributed by atoms with van der Waals surface area (Å²) in [6.45, 7) is 4.40. The Morgan fingerprint density at radius 1 is 1.09 bits per heavy atom. The van der Waals surface area contributed by atoms with Gasteiger partial charge in [-0.3, -0.25) is 0 Å². The first-order valence-electron chi connectivity index (χ1n) is 11.3. The highest BCUT2D eigenvalue weighted by Crippen LogP contribution is 2.48. The van der Waals surface area contributed by atoms with Crippen LogP contribution in [0, 0.1) is 0 Å². The minimum Gasteiger partial charge on any atom is -0.495 e. The molecule has 1 fully saturated rings. The Bertz CT molecular complexity index is 1150. The van der Waals surface area contributed by atoms with Crippen molar-refractivity contribution < 1.29 is 9.47 Å². The zero-order valence-corrected chi connectivity index (χ0v) is 19.0. The van der Waals surface area contributed by atoms with E-state index in [1.165, 1.54) is 5.56 Å². The topological polar surface area (TPSA) is 101 Å². The average molecular weight is 434 g/mol. The number of hydrogen-bond acceptors (Lipinski definition) is 6. The van der Waals surface area contributed by atoms with E-state index >= 15 is 0 Å². The number of nitrogens with two attached hydrogens (primary N) is 2. The molecule has 0 atom stereocenters. The van der Waals surface area contributed by atoms with E-state index in [2.05, 4.69) is 40.5 Å². The van der Waals surface area contributed by atoms with Crippen molar-refractivity contribution in [3.05, 3.63) is 48.0 Å². The fourth-order valence-electron chi connectivity index (χ4n) is 5.22. The largest absolute Gasteiger partial charge is 0.495 e. The summed E-state index contributed by atoms with van der Waals surface area (Å²) in [5.74, 6) is 2.23. The fraction of sp³-hybridized carbons (Fsp3) is 0.440. The van der Waals surface area contributed by atoms with Crippen molar-refractivity contribution in [2.75, 3.05) is 12.8 Å². The Labute approximate surface area is 188 Å². The molecule has 0 bridgehead atoms. The van der Waals surface area contributed by atoms with Gasteiger partial charge in [-0.05, 0) is 61.3 Å². The smallest absolute Gasteiger partial charge is 0.144 e. The fourth-order valence-corrected chi connectivity index (χ4v) is 5.22. The molecule has 2 aromatic heterocycles. The molecule has 5 rings (SSSR count). The Morgan fingerprint density at radius 2 is 1.88 bits per heavy atom. The summed E-state index contributed by atoms with van der Waals surface area (Å²) in [5.41, 5.74) is 17.4. The van der Waals surface area contributed by atoms with E-state index in [0.29, 0.717) is 5.82 Å². The molecule has 0 saturated heterocycles. The van der Waals surface area contributed by atoms with Crippen molar-refractivity contribution in [3.8, 4) is 28.4 Å². The number of rotatable bonds is 4. The SMILES string of the molecule is COc1ccn(-c2c(O[C@H]3CC[C@H](N)CC3)ccc3c2CC(C)(C)c2c(N)ncnc2-3)c1. The molecule has 3 aromatic rings. The van der Waals surface area contributed by atoms with Gasteiger partial charge in [0, 0.05) is 23.4 Å². The van der Waals surface area contributed by atoms with Crippen molar-refractivity contribution in [1.29, 1.82) is 0 Å². The summed E-state index contributed by atoms with van der Waals surface area (Å²) in [5, 5.41) is 0. The highest BCUT2D eigenvalue weighted by atomic mass is 16.5. The minimum absolute atomic E-state index is 0.172. The van der Waals surface area contributed by atoms with Crippen LogP contribution in [0.3, 0.4) is 0 Å². The summed E-state index contributed by atoms with van der Waals surface area (Å²) in [6, 6.07) is 6.43. The maximum atomic E-state index is 6.60. The minimum atomic E-state index is -0.212. The van der Waals surface area contributed by atoms with E-state index in [9.17, 15) is 0 Å². The van der Waals surface area contributed by atoms with Crippen LogP contribution < -0.4 is 20.9 Å². The van der Waals surface area contributed by atoms with Gasteiger partial charge in [0.1, 0.15) is 23.6 Å². The Morgan fingerprint density at radius 3 is 2.59 bits per heavy atom. The maximum Gasteiger partial charge on any atom is 0.144 e. The zero-order valence-electron chi connectivity index (χ0n) is 19.0. The van der Waals surface area contributed by atoms with Gasteiger partial charge in [-0.2, -0.15) is 0 Å². The Balaban J connectivity index is 1.67. The molecule has 0 aliphatic heterocycles. The molecule has 4 N–H and O–H groups in total. The molecule has 2 aliphatic carbocycles. The van der Waals surface area contributed by atoms with Gasteiger partial charge in [0.05, 0.1) is 30.8 Å². The number of hydrogen-bond donors (Lipinski definition) is 2. The first-order valence-corrected chi connectivity index (χ1v) is 11.3.